The molecule has 0 amide bonds. The van der Waals surface area contributed by atoms with Crippen LogP contribution in [0.1, 0.15) is 37.7 Å². The van der Waals surface area contributed by atoms with Crippen molar-refractivity contribution in [3.63, 3.8) is 0 Å². The summed E-state index contributed by atoms with van der Waals surface area (Å²) in [5.74, 6) is 0. The maximum atomic E-state index is 12.7. The van der Waals surface area contributed by atoms with Gasteiger partial charge in [0.15, 0.2) is 0 Å². The van der Waals surface area contributed by atoms with Crippen LogP contribution in [-0.2, 0) is 10.0 Å². The summed E-state index contributed by atoms with van der Waals surface area (Å²) in [4.78, 5) is 0.0405. The largest absolute Gasteiger partial charge is 0.244 e. The van der Waals surface area contributed by atoms with E-state index in [4.69, 9.17) is 16.9 Å². The molecule has 1 aromatic carbocycles. The highest BCUT2D eigenvalue weighted by atomic mass is 35.5. The Hall–Kier alpha value is -1.09. The van der Waals surface area contributed by atoms with E-state index < -0.39 is 10.0 Å². The Bertz CT molecular complexity index is 615. The van der Waals surface area contributed by atoms with Crippen molar-refractivity contribution in [1.82, 2.24) is 4.31 Å². The van der Waals surface area contributed by atoms with Crippen LogP contribution in [0.4, 0.5) is 0 Å². The molecule has 1 heterocycles. The van der Waals surface area contributed by atoms with E-state index in [-0.39, 0.29) is 9.92 Å². The predicted molar refractivity (Wildman–Crippen MR) is 78.0 cm³/mol. The van der Waals surface area contributed by atoms with Crippen molar-refractivity contribution < 1.29 is 8.42 Å². The van der Waals surface area contributed by atoms with Gasteiger partial charge in [-0.2, -0.15) is 9.57 Å². The molecule has 1 aliphatic heterocycles. The van der Waals surface area contributed by atoms with Gasteiger partial charge in [-0.25, -0.2) is 8.42 Å². The van der Waals surface area contributed by atoms with Crippen molar-refractivity contribution in [2.75, 3.05) is 13.1 Å². The second-order valence-electron chi connectivity index (χ2n) is 4.93. The molecule has 1 aromatic rings. The van der Waals surface area contributed by atoms with E-state index in [1.54, 1.807) is 0 Å². The number of rotatable bonds is 2. The summed E-state index contributed by atoms with van der Waals surface area (Å²) in [6.07, 6.45) is 5.01. The second-order valence-corrected chi connectivity index (χ2v) is 7.24. The van der Waals surface area contributed by atoms with Crippen LogP contribution < -0.4 is 0 Å². The molecule has 20 heavy (non-hydrogen) atoms. The highest BCUT2D eigenvalue weighted by Crippen LogP contribution is 2.27. The minimum atomic E-state index is -3.61. The molecule has 6 heteroatoms. The first-order valence-corrected chi connectivity index (χ1v) is 8.57. The lowest BCUT2D eigenvalue weighted by molar-refractivity contribution is 0.364. The normalized spacial score (nSPS) is 18.0. The van der Waals surface area contributed by atoms with Gasteiger partial charge in [0.05, 0.1) is 16.7 Å². The fourth-order valence-electron chi connectivity index (χ4n) is 2.37. The molecule has 0 radical (unpaired) electrons. The standard InChI is InChI=1S/C14H17ClN2O2S/c15-13-7-6-12(11-16)10-14(13)20(18,19)17-8-4-2-1-3-5-9-17/h6-7,10H,1-5,8-9H2. The van der Waals surface area contributed by atoms with Crippen LogP contribution in [0.25, 0.3) is 0 Å². The molecular weight excluding hydrogens is 296 g/mol. The van der Waals surface area contributed by atoms with E-state index in [1.165, 1.54) is 28.9 Å². The minimum absolute atomic E-state index is 0.0405. The molecule has 0 spiro atoms. The number of hydrogen-bond donors (Lipinski definition) is 0. The summed E-state index contributed by atoms with van der Waals surface area (Å²) in [7, 11) is -3.61. The monoisotopic (exact) mass is 312 g/mol. The lowest BCUT2D eigenvalue weighted by Gasteiger charge is -2.24. The van der Waals surface area contributed by atoms with Gasteiger partial charge in [0, 0.05) is 13.1 Å². The molecule has 108 valence electrons. The number of nitrogens with zero attached hydrogens (tertiary/aromatic N) is 2. The van der Waals surface area contributed by atoms with Crippen molar-refractivity contribution in [3.05, 3.63) is 28.8 Å². The van der Waals surface area contributed by atoms with Gasteiger partial charge in [-0.3, -0.25) is 0 Å². The Morgan fingerprint density at radius 1 is 1.10 bits per heavy atom. The van der Waals surface area contributed by atoms with Crippen molar-refractivity contribution in [2.45, 2.75) is 37.0 Å². The Balaban J connectivity index is 2.35. The summed E-state index contributed by atoms with van der Waals surface area (Å²) >= 11 is 6.01. The first kappa shape index (κ1) is 15.3. The first-order chi connectivity index (χ1) is 9.55. The third kappa shape index (κ3) is 3.32. The van der Waals surface area contributed by atoms with E-state index in [2.05, 4.69) is 0 Å². The van der Waals surface area contributed by atoms with Crippen LogP contribution in [0.5, 0.6) is 0 Å². The van der Waals surface area contributed by atoms with Crippen molar-refractivity contribution >= 4 is 21.6 Å². The number of hydrogen-bond acceptors (Lipinski definition) is 3. The molecule has 0 bridgehead atoms. The SMILES string of the molecule is N#Cc1ccc(Cl)c(S(=O)(=O)N2CCCCCCC2)c1. The van der Waals surface area contributed by atoms with Crippen molar-refractivity contribution in [2.24, 2.45) is 0 Å². The third-order valence-electron chi connectivity index (χ3n) is 3.49. The number of nitriles is 1. The fourth-order valence-corrected chi connectivity index (χ4v) is 4.39. The maximum absolute atomic E-state index is 12.7. The van der Waals surface area contributed by atoms with Crippen LogP contribution in [0.3, 0.4) is 0 Å². The Morgan fingerprint density at radius 3 is 2.30 bits per heavy atom. The van der Waals surface area contributed by atoms with Crippen LogP contribution in [0.15, 0.2) is 23.1 Å². The first-order valence-electron chi connectivity index (χ1n) is 6.75. The zero-order chi connectivity index (χ0) is 14.6. The minimum Gasteiger partial charge on any atom is -0.207 e. The van der Waals surface area contributed by atoms with E-state index in [1.807, 2.05) is 6.07 Å². The van der Waals surface area contributed by atoms with Crippen molar-refractivity contribution in [1.29, 1.82) is 5.26 Å². The Kier molecular flexibility index (Phi) is 5.03. The molecule has 0 unspecified atom stereocenters. The summed E-state index contributed by atoms with van der Waals surface area (Å²) < 4.78 is 26.8. The molecule has 0 aromatic heterocycles. The third-order valence-corrected chi connectivity index (χ3v) is 5.87. The molecule has 1 fully saturated rings. The van der Waals surface area contributed by atoms with Crippen LogP contribution in [0, 0.1) is 11.3 Å². The van der Waals surface area contributed by atoms with Crippen LogP contribution in [0.2, 0.25) is 5.02 Å². The van der Waals surface area contributed by atoms with Gasteiger partial charge < -0.3 is 0 Å². The molecule has 1 saturated heterocycles. The van der Waals surface area contributed by atoms with Gasteiger partial charge in [-0.1, -0.05) is 30.9 Å². The maximum Gasteiger partial charge on any atom is 0.244 e. The molecule has 0 aliphatic carbocycles. The highest BCUT2D eigenvalue weighted by Gasteiger charge is 2.27. The predicted octanol–water partition coefficient (Wildman–Crippen LogP) is 3.17. The van der Waals surface area contributed by atoms with Gasteiger partial charge in [0.25, 0.3) is 0 Å². The van der Waals surface area contributed by atoms with Gasteiger partial charge >= 0.3 is 0 Å². The van der Waals surface area contributed by atoms with Crippen molar-refractivity contribution in [3.8, 4) is 6.07 Å². The van der Waals surface area contributed by atoms with E-state index in [0.29, 0.717) is 18.7 Å². The zero-order valence-corrected chi connectivity index (χ0v) is 12.8. The molecule has 0 saturated carbocycles. The lowest BCUT2D eigenvalue weighted by Crippen LogP contribution is -2.34. The Morgan fingerprint density at radius 2 is 1.70 bits per heavy atom. The average molecular weight is 313 g/mol. The summed E-state index contributed by atoms with van der Waals surface area (Å²) in [5.41, 5.74) is 0.306. The van der Waals surface area contributed by atoms with Crippen LogP contribution >= 0.6 is 11.6 Å². The number of sulfonamides is 1. The van der Waals surface area contributed by atoms with Gasteiger partial charge in [-0.15, -0.1) is 0 Å². The topological polar surface area (TPSA) is 61.2 Å². The second kappa shape index (κ2) is 6.57. The van der Waals surface area contributed by atoms with E-state index >= 15 is 0 Å². The number of halogens is 1. The molecule has 1 aliphatic rings. The molecule has 0 N–H and O–H groups in total. The quantitative estimate of drug-likeness (QED) is 0.842. The highest BCUT2D eigenvalue weighted by molar-refractivity contribution is 7.89. The van der Waals surface area contributed by atoms with E-state index in [9.17, 15) is 8.42 Å². The van der Waals surface area contributed by atoms with Crippen LogP contribution in [-0.4, -0.2) is 25.8 Å². The molecule has 4 nitrogen and oxygen atoms in total. The molecular formula is C14H17ClN2O2S. The van der Waals surface area contributed by atoms with E-state index in [0.717, 1.165) is 25.7 Å². The lowest BCUT2D eigenvalue weighted by atomic mass is 10.1. The van der Waals surface area contributed by atoms with Gasteiger partial charge in [0.2, 0.25) is 10.0 Å². The van der Waals surface area contributed by atoms with Gasteiger partial charge in [-0.05, 0) is 31.0 Å². The Labute approximate surface area is 125 Å². The summed E-state index contributed by atoms with van der Waals surface area (Å²) in [6.45, 7) is 1.05. The zero-order valence-electron chi connectivity index (χ0n) is 11.2. The summed E-state index contributed by atoms with van der Waals surface area (Å²) in [6, 6.07) is 6.30. The smallest absolute Gasteiger partial charge is 0.207 e. The average Bonchev–Trinajstić information content (AvgIpc) is 2.38. The summed E-state index contributed by atoms with van der Waals surface area (Å²) in [5, 5.41) is 9.08. The molecule has 0 atom stereocenters. The number of benzene rings is 1. The fraction of sp³-hybridized carbons (Fsp3) is 0.500. The molecule has 2 rings (SSSR count). The van der Waals surface area contributed by atoms with Gasteiger partial charge in [0.1, 0.15) is 4.90 Å².